The second-order valence-electron chi connectivity index (χ2n) is 6.87. The largest absolute Gasteiger partial charge is 0.440 e. The summed E-state index contributed by atoms with van der Waals surface area (Å²) in [6, 6.07) is 19.5. The quantitative estimate of drug-likeness (QED) is 0.385. The number of hydrogen-bond acceptors (Lipinski definition) is 4. The normalized spacial score (nSPS) is 12.4. The molecule has 0 aliphatic heterocycles. The zero-order valence-electron chi connectivity index (χ0n) is 16.6. The fourth-order valence-electron chi connectivity index (χ4n) is 3.14. The Morgan fingerprint density at radius 1 is 1.00 bits per heavy atom. The molecule has 1 unspecified atom stereocenters. The van der Waals surface area contributed by atoms with Gasteiger partial charge in [-0.05, 0) is 36.6 Å². The molecule has 0 radical (unpaired) electrons. The molecular formula is C24H23N3O2S. The van der Waals surface area contributed by atoms with Gasteiger partial charge in [0.1, 0.15) is 5.76 Å². The molecule has 0 saturated carbocycles. The summed E-state index contributed by atoms with van der Waals surface area (Å²) in [5.41, 5.74) is 1.94. The maximum atomic E-state index is 12.8. The summed E-state index contributed by atoms with van der Waals surface area (Å²) in [6.07, 6.45) is 11.0. The number of rotatable bonds is 9. The van der Waals surface area contributed by atoms with Crippen LogP contribution in [0.4, 0.5) is 0 Å². The van der Waals surface area contributed by atoms with Crippen LogP contribution in [0.3, 0.4) is 0 Å². The van der Waals surface area contributed by atoms with Crippen LogP contribution in [0.15, 0.2) is 88.7 Å². The summed E-state index contributed by atoms with van der Waals surface area (Å²) in [6.45, 7) is 0.850. The molecule has 0 fully saturated rings. The standard InChI is InChI=1S/C24H23N3O2S/c28-30(21-10-5-2-6-11-21)18-23-22(12-7-16-27-17-15-25-19-27)26-24(29-23)14-13-20-8-3-1-4-9-20/h1-6,8-11,13-15,17,19H,7,12,16,18H2/b14-13+. The SMILES string of the molecule is O=S(Cc1oc(/C=C/c2ccccc2)nc1CCCn1ccnc1)c1ccccc1. The van der Waals surface area contributed by atoms with Gasteiger partial charge in [-0.15, -0.1) is 0 Å². The van der Waals surface area contributed by atoms with Gasteiger partial charge in [0, 0.05) is 29.9 Å². The van der Waals surface area contributed by atoms with Gasteiger partial charge >= 0.3 is 0 Å². The highest BCUT2D eigenvalue weighted by atomic mass is 32.2. The number of imidazole rings is 1. The average Bonchev–Trinajstić information content (AvgIpc) is 3.44. The van der Waals surface area contributed by atoms with Crippen LogP contribution in [-0.4, -0.2) is 18.7 Å². The molecule has 30 heavy (non-hydrogen) atoms. The third-order valence-electron chi connectivity index (χ3n) is 4.67. The van der Waals surface area contributed by atoms with Crippen LogP contribution in [-0.2, 0) is 29.5 Å². The second kappa shape index (κ2) is 9.98. The first kappa shape index (κ1) is 20.0. The van der Waals surface area contributed by atoms with Crippen molar-refractivity contribution in [3.63, 3.8) is 0 Å². The first-order valence-electron chi connectivity index (χ1n) is 9.89. The maximum absolute atomic E-state index is 12.8. The highest BCUT2D eigenvalue weighted by Gasteiger charge is 2.16. The number of nitrogens with zero attached hydrogens (tertiary/aromatic N) is 3. The summed E-state index contributed by atoms with van der Waals surface area (Å²) >= 11 is 0. The van der Waals surface area contributed by atoms with Gasteiger partial charge in [-0.3, -0.25) is 4.21 Å². The van der Waals surface area contributed by atoms with E-state index in [0.29, 0.717) is 17.4 Å². The van der Waals surface area contributed by atoms with Crippen molar-refractivity contribution in [2.24, 2.45) is 0 Å². The van der Waals surface area contributed by atoms with Crippen LogP contribution in [0.25, 0.3) is 12.2 Å². The van der Waals surface area contributed by atoms with Crippen molar-refractivity contribution in [3.8, 4) is 0 Å². The monoisotopic (exact) mass is 417 g/mol. The van der Waals surface area contributed by atoms with E-state index in [1.54, 1.807) is 6.20 Å². The summed E-state index contributed by atoms with van der Waals surface area (Å²) in [5.74, 6) is 1.54. The zero-order chi connectivity index (χ0) is 20.6. The molecule has 4 aromatic rings. The van der Waals surface area contributed by atoms with Gasteiger partial charge in [-0.25, -0.2) is 9.97 Å². The van der Waals surface area contributed by atoms with E-state index < -0.39 is 10.8 Å². The molecule has 6 heteroatoms. The van der Waals surface area contributed by atoms with Gasteiger partial charge < -0.3 is 8.98 Å². The first-order chi connectivity index (χ1) is 14.8. The molecule has 4 rings (SSSR count). The minimum atomic E-state index is -1.18. The Balaban J connectivity index is 1.51. The lowest BCUT2D eigenvalue weighted by molar-refractivity contribution is 0.507. The topological polar surface area (TPSA) is 60.9 Å². The summed E-state index contributed by atoms with van der Waals surface area (Å²) in [5, 5.41) is 0. The van der Waals surface area contributed by atoms with Crippen molar-refractivity contribution < 1.29 is 8.63 Å². The molecule has 0 saturated heterocycles. The third kappa shape index (κ3) is 5.42. The Morgan fingerprint density at radius 3 is 2.50 bits per heavy atom. The van der Waals surface area contributed by atoms with Crippen molar-refractivity contribution in [1.82, 2.24) is 14.5 Å². The van der Waals surface area contributed by atoms with Crippen molar-refractivity contribution in [1.29, 1.82) is 0 Å². The van der Waals surface area contributed by atoms with E-state index in [4.69, 9.17) is 4.42 Å². The Labute approximate surface area is 178 Å². The predicted octanol–water partition coefficient (Wildman–Crippen LogP) is 4.98. The van der Waals surface area contributed by atoms with E-state index in [2.05, 4.69) is 9.97 Å². The van der Waals surface area contributed by atoms with Crippen LogP contribution < -0.4 is 0 Å². The molecule has 152 valence electrons. The lowest BCUT2D eigenvalue weighted by Gasteiger charge is -2.03. The number of aryl methyl sites for hydroxylation is 2. The highest BCUT2D eigenvalue weighted by molar-refractivity contribution is 7.84. The average molecular weight is 418 g/mol. The lowest BCUT2D eigenvalue weighted by atomic mass is 10.2. The fraction of sp³-hybridized carbons (Fsp3) is 0.167. The van der Waals surface area contributed by atoms with Gasteiger partial charge in [-0.1, -0.05) is 48.5 Å². The first-order valence-corrected chi connectivity index (χ1v) is 11.2. The minimum Gasteiger partial charge on any atom is -0.440 e. The van der Waals surface area contributed by atoms with Crippen LogP contribution in [0.5, 0.6) is 0 Å². The molecule has 0 aliphatic carbocycles. The van der Waals surface area contributed by atoms with Crippen molar-refractivity contribution in [2.75, 3.05) is 0 Å². The van der Waals surface area contributed by atoms with Crippen molar-refractivity contribution in [2.45, 2.75) is 30.0 Å². The second-order valence-corrected chi connectivity index (χ2v) is 8.32. The van der Waals surface area contributed by atoms with Crippen molar-refractivity contribution >= 4 is 23.0 Å². The molecule has 2 aromatic heterocycles. The van der Waals surface area contributed by atoms with Gasteiger partial charge in [0.05, 0.1) is 28.6 Å². The van der Waals surface area contributed by atoms with E-state index in [9.17, 15) is 4.21 Å². The van der Waals surface area contributed by atoms with Crippen LogP contribution in [0.2, 0.25) is 0 Å². The van der Waals surface area contributed by atoms with Gasteiger partial charge in [-0.2, -0.15) is 0 Å². The van der Waals surface area contributed by atoms with Gasteiger partial charge in [0.25, 0.3) is 0 Å². The molecule has 2 aromatic carbocycles. The smallest absolute Gasteiger partial charge is 0.219 e. The van der Waals surface area contributed by atoms with Gasteiger partial charge in [0.2, 0.25) is 5.89 Å². The van der Waals surface area contributed by atoms with Crippen LogP contribution in [0, 0.1) is 0 Å². The van der Waals surface area contributed by atoms with Crippen molar-refractivity contribution in [3.05, 3.63) is 102 Å². The molecule has 5 nitrogen and oxygen atoms in total. The third-order valence-corrected chi connectivity index (χ3v) is 5.99. The van der Waals surface area contributed by atoms with E-state index in [1.807, 2.05) is 89.9 Å². The molecule has 0 spiro atoms. The number of aromatic nitrogens is 3. The molecule has 2 heterocycles. The summed E-state index contributed by atoms with van der Waals surface area (Å²) in [4.78, 5) is 9.54. The zero-order valence-corrected chi connectivity index (χ0v) is 17.4. The number of oxazole rings is 1. The van der Waals surface area contributed by atoms with E-state index in [-0.39, 0.29) is 0 Å². The fourth-order valence-corrected chi connectivity index (χ4v) is 4.23. The van der Waals surface area contributed by atoms with E-state index >= 15 is 0 Å². The molecule has 0 bridgehead atoms. The van der Waals surface area contributed by atoms with E-state index in [0.717, 1.165) is 35.5 Å². The summed E-state index contributed by atoms with van der Waals surface area (Å²) in [7, 11) is -1.18. The Hall–Kier alpha value is -3.25. The minimum absolute atomic E-state index is 0.316. The summed E-state index contributed by atoms with van der Waals surface area (Å²) < 4.78 is 20.9. The molecular weight excluding hydrogens is 394 g/mol. The lowest BCUT2D eigenvalue weighted by Crippen LogP contribution is -2.01. The van der Waals surface area contributed by atoms with E-state index in [1.165, 1.54) is 0 Å². The van der Waals surface area contributed by atoms with Gasteiger partial charge in [0.15, 0.2) is 0 Å². The number of hydrogen-bond donors (Lipinski definition) is 0. The maximum Gasteiger partial charge on any atom is 0.219 e. The molecule has 0 aliphatic rings. The Kier molecular flexibility index (Phi) is 6.67. The van der Waals surface area contributed by atoms with Crippen LogP contribution in [0.1, 0.15) is 29.3 Å². The molecule has 0 amide bonds. The highest BCUT2D eigenvalue weighted by Crippen LogP contribution is 2.20. The molecule has 1 atom stereocenters. The Morgan fingerprint density at radius 2 is 1.77 bits per heavy atom. The molecule has 0 N–H and O–H groups in total. The Bertz CT molecular complexity index is 1100. The van der Waals surface area contributed by atoms with Crippen LogP contribution >= 0.6 is 0 Å². The predicted molar refractivity (Wildman–Crippen MR) is 119 cm³/mol. The number of benzene rings is 2.